The highest BCUT2D eigenvalue weighted by Crippen LogP contribution is 2.39. The van der Waals surface area contributed by atoms with Gasteiger partial charge in [-0.05, 0) is 24.3 Å². The summed E-state index contributed by atoms with van der Waals surface area (Å²) in [4.78, 5) is 28.2. The molecule has 0 spiro atoms. The van der Waals surface area contributed by atoms with Crippen molar-refractivity contribution >= 4 is 33.6 Å². The Kier molecular flexibility index (Phi) is 3.93. The summed E-state index contributed by atoms with van der Waals surface area (Å²) in [5.74, 6) is 0.142. The monoisotopic (exact) mass is 367 g/mol. The van der Waals surface area contributed by atoms with Crippen LogP contribution in [0.4, 0.5) is 0 Å². The van der Waals surface area contributed by atoms with E-state index in [1.54, 1.807) is 48.5 Å². The number of para-hydroxylation sites is 2. The summed E-state index contributed by atoms with van der Waals surface area (Å²) in [5, 5.41) is 11.1. The Morgan fingerprint density at radius 2 is 1.81 bits per heavy atom. The fourth-order valence-corrected chi connectivity index (χ4v) is 3.73. The normalized spacial score (nSPS) is 11.1. The molecule has 4 aromatic rings. The predicted molar refractivity (Wildman–Crippen MR) is 99.4 cm³/mol. The number of hydrogen-bond acceptors (Lipinski definition) is 6. The number of nitrogens with one attached hydrogen (secondary N) is 1. The molecule has 2 heterocycles. The van der Waals surface area contributed by atoms with Crippen molar-refractivity contribution in [1.29, 1.82) is 0 Å². The summed E-state index contributed by atoms with van der Waals surface area (Å²) in [5.41, 5.74) is -0.655. The van der Waals surface area contributed by atoms with Gasteiger partial charge in [0.25, 0.3) is 5.56 Å². The molecule has 0 atom stereocenters. The third kappa shape index (κ3) is 2.53. The second-order valence-electron chi connectivity index (χ2n) is 5.52. The van der Waals surface area contributed by atoms with Crippen molar-refractivity contribution in [2.45, 2.75) is 9.79 Å². The lowest BCUT2D eigenvalue weighted by atomic mass is 10.1. The topological polar surface area (TPSA) is 92.5 Å². The standard InChI is InChI=1S/C19H13NO5S/c1-24-12-8-4-5-9-13(12)26-17-15(21)14-16(25-19(17)23)10-6-2-3-7-11(10)20-18(14)22/h2-9,21H,1H3,(H,20,22). The van der Waals surface area contributed by atoms with Crippen molar-refractivity contribution in [2.24, 2.45) is 0 Å². The number of methoxy groups -OCH3 is 1. The Morgan fingerprint density at radius 1 is 1.08 bits per heavy atom. The summed E-state index contributed by atoms with van der Waals surface area (Å²) in [6.07, 6.45) is 0. The number of fused-ring (bicyclic) bond motifs is 3. The molecular formula is C19H13NO5S. The van der Waals surface area contributed by atoms with Crippen molar-refractivity contribution in [3.8, 4) is 11.5 Å². The summed E-state index contributed by atoms with van der Waals surface area (Å²) in [6, 6.07) is 14.0. The van der Waals surface area contributed by atoms with Crippen LogP contribution in [0.2, 0.25) is 0 Å². The van der Waals surface area contributed by atoms with Crippen molar-refractivity contribution in [2.75, 3.05) is 7.11 Å². The molecule has 0 aliphatic carbocycles. The van der Waals surface area contributed by atoms with E-state index in [-0.39, 0.29) is 15.9 Å². The van der Waals surface area contributed by atoms with E-state index in [0.717, 1.165) is 11.8 Å². The summed E-state index contributed by atoms with van der Waals surface area (Å²) in [7, 11) is 1.51. The number of ether oxygens (including phenoxy) is 1. The highest BCUT2D eigenvalue weighted by atomic mass is 32.2. The highest BCUT2D eigenvalue weighted by Gasteiger charge is 2.20. The van der Waals surface area contributed by atoms with Crippen molar-refractivity contribution in [3.05, 3.63) is 69.3 Å². The molecule has 0 aliphatic rings. The van der Waals surface area contributed by atoms with Crippen LogP contribution < -0.4 is 15.9 Å². The molecule has 0 radical (unpaired) electrons. The van der Waals surface area contributed by atoms with Crippen molar-refractivity contribution in [3.63, 3.8) is 0 Å². The summed E-state index contributed by atoms with van der Waals surface area (Å²) in [6.45, 7) is 0. The predicted octanol–water partition coefficient (Wildman–Crippen LogP) is 3.50. The van der Waals surface area contributed by atoms with E-state index in [4.69, 9.17) is 9.15 Å². The first kappa shape index (κ1) is 16.3. The number of rotatable bonds is 3. The zero-order chi connectivity index (χ0) is 18.3. The molecule has 0 saturated carbocycles. The fraction of sp³-hybridized carbons (Fsp3) is 0.0526. The van der Waals surface area contributed by atoms with E-state index in [1.807, 2.05) is 0 Å². The Bertz CT molecular complexity index is 1260. The Labute approximate surface area is 151 Å². The Hall–Kier alpha value is -3.19. The molecule has 26 heavy (non-hydrogen) atoms. The molecular weight excluding hydrogens is 354 g/mol. The number of aromatic nitrogens is 1. The lowest BCUT2D eigenvalue weighted by Crippen LogP contribution is -2.11. The highest BCUT2D eigenvalue weighted by molar-refractivity contribution is 7.99. The van der Waals surface area contributed by atoms with E-state index in [2.05, 4.69) is 4.98 Å². The lowest BCUT2D eigenvalue weighted by molar-refractivity contribution is 0.404. The number of benzene rings is 2. The van der Waals surface area contributed by atoms with Crippen LogP contribution in [0.5, 0.6) is 11.5 Å². The number of pyridine rings is 1. The van der Waals surface area contributed by atoms with Crippen LogP contribution in [0.1, 0.15) is 0 Å². The van der Waals surface area contributed by atoms with Gasteiger partial charge >= 0.3 is 5.63 Å². The van der Waals surface area contributed by atoms with Gasteiger partial charge in [0.2, 0.25) is 0 Å². The molecule has 0 amide bonds. The van der Waals surface area contributed by atoms with Crippen LogP contribution in [0, 0.1) is 0 Å². The first-order chi connectivity index (χ1) is 12.6. The maximum Gasteiger partial charge on any atom is 0.354 e. The molecule has 0 fully saturated rings. The molecule has 4 rings (SSSR count). The van der Waals surface area contributed by atoms with Gasteiger partial charge in [0, 0.05) is 5.39 Å². The largest absolute Gasteiger partial charge is 0.505 e. The van der Waals surface area contributed by atoms with E-state index < -0.39 is 16.9 Å². The minimum Gasteiger partial charge on any atom is -0.505 e. The molecule has 0 bridgehead atoms. The van der Waals surface area contributed by atoms with Crippen LogP contribution in [0.3, 0.4) is 0 Å². The molecule has 130 valence electrons. The van der Waals surface area contributed by atoms with Gasteiger partial charge in [-0.25, -0.2) is 4.79 Å². The Balaban J connectivity index is 2.00. The number of H-pyrrole nitrogens is 1. The zero-order valence-corrected chi connectivity index (χ0v) is 14.4. The maximum atomic E-state index is 12.5. The van der Waals surface area contributed by atoms with Gasteiger partial charge in [-0.3, -0.25) is 4.79 Å². The molecule has 7 heteroatoms. The van der Waals surface area contributed by atoms with Crippen LogP contribution >= 0.6 is 11.8 Å². The lowest BCUT2D eigenvalue weighted by Gasteiger charge is -2.09. The van der Waals surface area contributed by atoms with Gasteiger partial charge in [-0.1, -0.05) is 36.0 Å². The average Bonchev–Trinajstić information content (AvgIpc) is 2.65. The molecule has 2 aromatic heterocycles. The Morgan fingerprint density at radius 3 is 2.62 bits per heavy atom. The van der Waals surface area contributed by atoms with Crippen LogP contribution in [-0.2, 0) is 0 Å². The van der Waals surface area contributed by atoms with Gasteiger partial charge in [0.1, 0.15) is 16.0 Å². The molecule has 6 nitrogen and oxygen atoms in total. The summed E-state index contributed by atoms with van der Waals surface area (Å²) < 4.78 is 10.7. The van der Waals surface area contributed by atoms with E-state index >= 15 is 0 Å². The minimum atomic E-state index is -0.721. The summed E-state index contributed by atoms with van der Waals surface area (Å²) >= 11 is 0.987. The average molecular weight is 367 g/mol. The molecule has 0 unspecified atom stereocenters. The molecule has 0 saturated heterocycles. The third-order valence-corrected chi connectivity index (χ3v) is 5.11. The second kappa shape index (κ2) is 6.27. The second-order valence-corrected chi connectivity index (χ2v) is 6.58. The van der Waals surface area contributed by atoms with Crippen molar-refractivity contribution in [1.82, 2.24) is 4.98 Å². The third-order valence-electron chi connectivity index (χ3n) is 3.99. The quantitative estimate of drug-likeness (QED) is 0.539. The van der Waals surface area contributed by atoms with E-state index in [0.29, 0.717) is 21.5 Å². The van der Waals surface area contributed by atoms with Gasteiger partial charge in [-0.2, -0.15) is 0 Å². The van der Waals surface area contributed by atoms with E-state index in [1.165, 1.54) is 7.11 Å². The van der Waals surface area contributed by atoms with Gasteiger partial charge in [0.15, 0.2) is 11.3 Å². The number of aromatic hydroxyl groups is 1. The van der Waals surface area contributed by atoms with E-state index in [9.17, 15) is 14.7 Å². The van der Waals surface area contributed by atoms with Crippen LogP contribution in [-0.4, -0.2) is 17.2 Å². The van der Waals surface area contributed by atoms with Gasteiger partial charge in [-0.15, -0.1) is 0 Å². The van der Waals surface area contributed by atoms with Crippen molar-refractivity contribution < 1.29 is 14.3 Å². The number of hydrogen-bond donors (Lipinski definition) is 2. The van der Waals surface area contributed by atoms with Crippen LogP contribution in [0.15, 0.2) is 72.3 Å². The van der Waals surface area contributed by atoms with Gasteiger partial charge < -0.3 is 19.2 Å². The molecule has 2 aromatic carbocycles. The zero-order valence-electron chi connectivity index (χ0n) is 13.6. The molecule has 0 aliphatic heterocycles. The van der Waals surface area contributed by atoms with Crippen LogP contribution in [0.25, 0.3) is 21.9 Å². The SMILES string of the molecule is COc1ccccc1Sc1c(O)c2c(=O)[nH]c3ccccc3c2oc1=O. The first-order valence-corrected chi connectivity index (χ1v) is 8.53. The maximum absolute atomic E-state index is 12.5. The number of aromatic amines is 1. The van der Waals surface area contributed by atoms with Gasteiger partial charge in [0.05, 0.1) is 17.5 Å². The smallest absolute Gasteiger partial charge is 0.354 e. The first-order valence-electron chi connectivity index (χ1n) is 7.72. The fourth-order valence-electron chi connectivity index (χ4n) is 2.79. The minimum absolute atomic E-state index is 0.0549. The molecule has 2 N–H and O–H groups in total.